The zero-order valence-electron chi connectivity index (χ0n) is 19.0. The number of nitrogens with one attached hydrogen (secondary N) is 1. The molecule has 2 aliphatic heterocycles. The number of nitrogens with zero attached hydrogens (tertiary/aromatic N) is 3. The van der Waals surface area contributed by atoms with Crippen molar-refractivity contribution in [3.05, 3.63) is 47.8 Å². The standard InChI is InChI=1S/C23H32N4O4S/c1-17-8-9-19(16-22(17)32(29,30)26-12-14-31-15-13-26)24-23(28)18(2)27-11-5-7-21(27)20-6-4-10-25(20)3/h4,6,8-10,16,18,21H,5,7,11-15H2,1-3H3,(H,24,28). The number of rotatable bonds is 6. The van der Waals surface area contributed by atoms with Crippen LogP contribution in [0, 0.1) is 6.92 Å². The predicted octanol–water partition coefficient (Wildman–Crippen LogP) is 2.52. The van der Waals surface area contributed by atoms with E-state index < -0.39 is 10.0 Å². The van der Waals surface area contributed by atoms with E-state index in [-0.39, 0.29) is 22.9 Å². The highest BCUT2D eigenvalue weighted by Crippen LogP contribution is 2.34. The Kier molecular flexibility index (Phi) is 6.71. The number of benzene rings is 1. The van der Waals surface area contributed by atoms with Crippen LogP contribution < -0.4 is 5.32 Å². The van der Waals surface area contributed by atoms with Gasteiger partial charge in [0.1, 0.15) is 0 Å². The maximum absolute atomic E-state index is 13.1. The maximum Gasteiger partial charge on any atom is 0.243 e. The van der Waals surface area contributed by atoms with Crippen molar-refractivity contribution in [1.82, 2.24) is 13.8 Å². The number of aromatic nitrogens is 1. The summed E-state index contributed by atoms with van der Waals surface area (Å²) in [5, 5.41) is 2.95. The number of hydrogen-bond donors (Lipinski definition) is 1. The lowest BCUT2D eigenvalue weighted by Crippen LogP contribution is -2.42. The third kappa shape index (κ3) is 4.47. The monoisotopic (exact) mass is 460 g/mol. The van der Waals surface area contributed by atoms with E-state index in [2.05, 4.69) is 20.9 Å². The van der Waals surface area contributed by atoms with Gasteiger partial charge in [-0.1, -0.05) is 6.07 Å². The summed E-state index contributed by atoms with van der Waals surface area (Å²) < 4.78 is 35.1. The maximum atomic E-state index is 13.1. The fraction of sp³-hybridized carbons (Fsp3) is 0.522. The molecule has 0 bridgehead atoms. The molecule has 1 aromatic carbocycles. The van der Waals surface area contributed by atoms with Crippen LogP contribution in [0.15, 0.2) is 41.4 Å². The van der Waals surface area contributed by atoms with E-state index in [9.17, 15) is 13.2 Å². The first-order chi connectivity index (χ1) is 15.3. The quantitative estimate of drug-likeness (QED) is 0.716. The molecule has 1 N–H and O–H groups in total. The Balaban J connectivity index is 1.51. The number of carbonyl (C=O) groups excluding carboxylic acids is 1. The fourth-order valence-electron chi connectivity index (χ4n) is 4.67. The third-order valence-corrected chi connectivity index (χ3v) is 8.58. The van der Waals surface area contributed by atoms with Crippen LogP contribution in [0.5, 0.6) is 0 Å². The second-order valence-corrected chi connectivity index (χ2v) is 10.5. The van der Waals surface area contributed by atoms with Crippen LogP contribution in [0.2, 0.25) is 0 Å². The molecule has 2 saturated heterocycles. The fourth-order valence-corrected chi connectivity index (χ4v) is 6.33. The normalized spacial score (nSPS) is 21.5. The molecule has 2 atom stereocenters. The molecule has 0 aliphatic carbocycles. The summed E-state index contributed by atoms with van der Waals surface area (Å²) in [5.41, 5.74) is 2.36. The first-order valence-electron chi connectivity index (χ1n) is 11.2. The van der Waals surface area contributed by atoms with Crippen molar-refractivity contribution >= 4 is 21.6 Å². The Morgan fingerprint density at radius 2 is 1.94 bits per heavy atom. The molecule has 174 valence electrons. The SMILES string of the molecule is Cc1ccc(NC(=O)C(C)N2CCCC2c2cccn2C)cc1S(=O)(=O)N1CCOCC1. The van der Waals surface area contributed by atoms with Gasteiger partial charge in [-0.3, -0.25) is 9.69 Å². The van der Waals surface area contributed by atoms with Gasteiger partial charge in [0.05, 0.1) is 30.2 Å². The van der Waals surface area contributed by atoms with Crippen molar-refractivity contribution in [2.45, 2.75) is 43.7 Å². The van der Waals surface area contributed by atoms with Crippen LogP contribution >= 0.6 is 0 Å². The molecule has 0 spiro atoms. The van der Waals surface area contributed by atoms with Crippen LogP contribution in [0.1, 0.15) is 37.1 Å². The first kappa shape index (κ1) is 23.0. The number of likely N-dealkylation sites (tertiary alicyclic amines) is 1. The molecule has 4 rings (SSSR count). The minimum atomic E-state index is -3.64. The minimum Gasteiger partial charge on any atom is -0.379 e. The number of amides is 1. The summed E-state index contributed by atoms with van der Waals surface area (Å²) in [7, 11) is -1.61. The van der Waals surface area contributed by atoms with Gasteiger partial charge in [-0.2, -0.15) is 4.31 Å². The molecule has 2 unspecified atom stereocenters. The van der Waals surface area contributed by atoms with Gasteiger partial charge in [-0.05, 0) is 63.1 Å². The van der Waals surface area contributed by atoms with Gasteiger partial charge < -0.3 is 14.6 Å². The summed E-state index contributed by atoms with van der Waals surface area (Å²) >= 11 is 0. The van der Waals surface area contributed by atoms with E-state index in [4.69, 9.17) is 4.74 Å². The molecule has 1 aromatic heterocycles. The lowest BCUT2D eigenvalue weighted by molar-refractivity contribution is -0.121. The highest BCUT2D eigenvalue weighted by molar-refractivity contribution is 7.89. The molecule has 2 fully saturated rings. The van der Waals surface area contributed by atoms with Crippen LogP contribution in [-0.4, -0.2) is 67.0 Å². The van der Waals surface area contributed by atoms with Crippen molar-refractivity contribution in [3.63, 3.8) is 0 Å². The second-order valence-electron chi connectivity index (χ2n) is 8.60. The van der Waals surface area contributed by atoms with Crippen molar-refractivity contribution in [3.8, 4) is 0 Å². The predicted molar refractivity (Wildman–Crippen MR) is 123 cm³/mol. The molecular weight excluding hydrogens is 428 g/mol. The Hall–Kier alpha value is -2.20. The van der Waals surface area contributed by atoms with Crippen LogP contribution in [0.3, 0.4) is 0 Å². The number of carbonyl (C=O) groups is 1. The average Bonchev–Trinajstić information content (AvgIpc) is 3.43. The topological polar surface area (TPSA) is 83.9 Å². The summed E-state index contributed by atoms with van der Waals surface area (Å²) in [5.74, 6) is -0.135. The second kappa shape index (κ2) is 9.35. The zero-order valence-corrected chi connectivity index (χ0v) is 19.8. The van der Waals surface area contributed by atoms with Crippen molar-refractivity contribution < 1.29 is 17.9 Å². The number of ether oxygens (including phenoxy) is 1. The van der Waals surface area contributed by atoms with Crippen molar-refractivity contribution in [2.75, 3.05) is 38.2 Å². The highest BCUT2D eigenvalue weighted by atomic mass is 32.2. The molecule has 8 nitrogen and oxygen atoms in total. The Morgan fingerprint density at radius 3 is 2.62 bits per heavy atom. The number of sulfonamides is 1. The molecule has 0 saturated carbocycles. The Bertz CT molecular complexity index is 1080. The molecule has 0 radical (unpaired) electrons. The molecule has 2 aliphatic rings. The summed E-state index contributed by atoms with van der Waals surface area (Å²) in [6.45, 7) is 6.01. The number of anilines is 1. The zero-order chi connectivity index (χ0) is 22.9. The van der Waals surface area contributed by atoms with Gasteiger partial charge in [-0.25, -0.2) is 8.42 Å². The van der Waals surface area contributed by atoms with Gasteiger partial charge in [-0.15, -0.1) is 0 Å². The number of hydrogen-bond acceptors (Lipinski definition) is 5. The van der Waals surface area contributed by atoms with Crippen LogP contribution in [0.25, 0.3) is 0 Å². The van der Waals surface area contributed by atoms with Gasteiger partial charge in [0.2, 0.25) is 15.9 Å². The smallest absolute Gasteiger partial charge is 0.243 e. The van der Waals surface area contributed by atoms with E-state index in [0.29, 0.717) is 37.6 Å². The molecule has 9 heteroatoms. The minimum absolute atomic E-state index is 0.135. The van der Waals surface area contributed by atoms with Gasteiger partial charge in [0.25, 0.3) is 0 Å². The lowest BCUT2D eigenvalue weighted by atomic mass is 10.1. The van der Waals surface area contributed by atoms with E-state index in [1.54, 1.807) is 25.1 Å². The van der Waals surface area contributed by atoms with E-state index in [0.717, 1.165) is 19.4 Å². The van der Waals surface area contributed by atoms with Crippen LogP contribution in [0.4, 0.5) is 5.69 Å². The third-order valence-electron chi connectivity index (χ3n) is 6.54. The van der Waals surface area contributed by atoms with Crippen LogP contribution in [-0.2, 0) is 26.6 Å². The van der Waals surface area contributed by atoms with E-state index in [1.807, 2.05) is 26.2 Å². The molecular formula is C23H32N4O4S. The molecule has 32 heavy (non-hydrogen) atoms. The summed E-state index contributed by atoms with van der Waals surface area (Å²) in [6, 6.07) is 9.08. The van der Waals surface area contributed by atoms with E-state index in [1.165, 1.54) is 10.00 Å². The largest absolute Gasteiger partial charge is 0.379 e. The Labute approximate surface area is 190 Å². The summed E-state index contributed by atoms with van der Waals surface area (Å²) in [6.07, 6.45) is 4.08. The van der Waals surface area contributed by atoms with Crippen molar-refractivity contribution in [2.24, 2.45) is 7.05 Å². The summed E-state index contributed by atoms with van der Waals surface area (Å²) in [4.78, 5) is 15.6. The lowest BCUT2D eigenvalue weighted by Gasteiger charge is -2.30. The average molecular weight is 461 g/mol. The molecule has 1 amide bonds. The van der Waals surface area contributed by atoms with Gasteiger partial charge in [0.15, 0.2) is 0 Å². The molecule has 3 heterocycles. The molecule has 2 aromatic rings. The highest BCUT2D eigenvalue weighted by Gasteiger charge is 2.34. The number of morpholine rings is 1. The number of aryl methyl sites for hydroxylation is 2. The van der Waals surface area contributed by atoms with Crippen molar-refractivity contribution in [1.29, 1.82) is 0 Å². The van der Waals surface area contributed by atoms with Gasteiger partial charge in [0, 0.05) is 37.7 Å². The van der Waals surface area contributed by atoms with E-state index >= 15 is 0 Å². The van der Waals surface area contributed by atoms with Gasteiger partial charge >= 0.3 is 0 Å². The Morgan fingerprint density at radius 1 is 1.19 bits per heavy atom. The first-order valence-corrected chi connectivity index (χ1v) is 12.6.